The maximum absolute atomic E-state index is 13.6. The predicted molar refractivity (Wildman–Crippen MR) is 116 cm³/mol. The Balaban J connectivity index is 0.00000159. The molecule has 1 aliphatic heterocycles. The zero-order chi connectivity index (χ0) is 28.0. The van der Waals surface area contributed by atoms with Crippen molar-refractivity contribution in [3.63, 3.8) is 0 Å². The van der Waals surface area contributed by atoms with Crippen molar-refractivity contribution < 1.29 is 54.8 Å². The number of hydrogen-bond donors (Lipinski definition) is 5. The van der Waals surface area contributed by atoms with E-state index in [4.69, 9.17) is 25.2 Å². The lowest BCUT2D eigenvalue weighted by molar-refractivity contribution is -0.188. The van der Waals surface area contributed by atoms with Crippen LogP contribution in [0.2, 0.25) is 0 Å². The third kappa shape index (κ3) is 12.7. The smallest absolute Gasteiger partial charge is 0.419 e. The SMILES string of the molecule is CC[C@H](OCCF)OC(NN)C1CC[C@H](NC(=O)COc2ccc(C(F)(F)F)c(F)c2)CN1.OC(F)F. The van der Waals surface area contributed by atoms with E-state index >= 15 is 0 Å². The fraction of sp³-hybridized carbons (Fsp3) is 0.667. The van der Waals surface area contributed by atoms with E-state index in [9.17, 15) is 35.5 Å². The fourth-order valence-electron chi connectivity index (χ4n) is 3.34. The lowest BCUT2D eigenvalue weighted by Crippen LogP contribution is -2.59. The molecule has 6 N–H and O–H groups in total. The van der Waals surface area contributed by atoms with Crippen molar-refractivity contribution in [3.05, 3.63) is 29.6 Å². The maximum atomic E-state index is 13.6. The lowest BCUT2D eigenvalue weighted by Gasteiger charge is -2.36. The van der Waals surface area contributed by atoms with E-state index in [1.807, 2.05) is 6.92 Å². The van der Waals surface area contributed by atoms with Crippen molar-refractivity contribution in [2.24, 2.45) is 5.84 Å². The van der Waals surface area contributed by atoms with Crippen LogP contribution in [0.4, 0.5) is 30.7 Å². The number of hydrazine groups is 1. The van der Waals surface area contributed by atoms with E-state index in [0.717, 1.165) is 6.07 Å². The number of alkyl halides is 6. The molecule has 214 valence electrons. The molecule has 1 heterocycles. The molecule has 2 unspecified atom stereocenters. The first-order chi connectivity index (χ1) is 17.4. The van der Waals surface area contributed by atoms with Crippen LogP contribution in [0.15, 0.2) is 18.2 Å². The predicted octanol–water partition coefficient (Wildman–Crippen LogP) is 2.19. The highest BCUT2D eigenvalue weighted by atomic mass is 19.4. The molecule has 0 radical (unpaired) electrons. The van der Waals surface area contributed by atoms with Gasteiger partial charge < -0.3 is 30.0 Å². The van der Waals surface area contributed by atoms with Crippen molar-refractivity contribution in [3.8, 4) is 5.75 Å². The number of piperidine rings is 1. The molecule has 0 aromatic heterocycles. The van der Waals surface area contributed by atoms with Gasteiger partial charge in [-0.05, 0) is 31.4 Å². The van der Waals surface area contributed by atoms with Crippen LogP contribution < -0.4 is 26.6 Å². The molecule has 1 amide bonds. The molecule has 37 heavy (non-hydrogen) atoms. The fourth-order valence-corrected chi connectivity index (χ4v) is 3.34. The van der Waals surface area contributed by atoms with E-state index in [-0.39, 0.29) is 24.4 Å². The monoisotopic (exact) mass is 552 g/mol. The second kappa shape index (κ2) is 16.6. The summed E-state index contributed by atoms with van der Waals surface area (Å²) in [6.07, 6.45) is -4.34. The number of nitrogens with one attached hydrogen (secondary N) is 3. The molecule has 9 nitrogen and oxygen atoms in total. The molecule has 1 aromatic carbocycles. The van der Waals surface area contributed by atoms with Gasteiger partial charge in [-0.15, -0.1) is 0 Å². The highest BCUT2D eigenvalue weighted by Gasteiger charge is 2.34. The van der Waals surface area contributed by atoms with Crippen molar-refractivity contribution in [2.75, 3.05) is 26.4 Å². The first kappa shape index (κ1) is 32.8. The van der Waals surface area contributed by atoms with E-state index in [2.05, 4.69) is 16.1 Å². The zero-order valence-corrected chi connectivity index (χ0v) is 19.9. The Morgan fingerprint density at radius 3 is 2.46 bits per heavy atom. The van der Waals surface area contributed by atoms with Gasteiger partial charge in [0.25, 0.3) is 5.91 Å². The molecular weight excluding hydrogens is 521 g/mol. The number of rotatable bonds is 12. The third-order valence-corrected chi connectivity index (χ3v) is 4.98. The minimum absolute atomic E-state index is 0.0802. The molecule has 0 bridgehead atoms. The van der Waals surface area contributed by atoms with Crippen molar-refractivity contribution >= 4 is 5.91 Å². The van der Waals surface area contributed by atoms with Gasteiger partial charge in [0.2, 0.25) is 0 Å². The molecule has 0 spiro atoms. The number of hydrogen-bond acceptors (Lipinski definition) is 8. The number of aliphatic hydroxyl groups is 1. The Morgan fingerprint density at radius 1 is 1.30 bits per heavy atom. The number of aliphatic hydroxyl groups excluding tert-OH is 1. The highest BCUT2D eigenvalue weighted by molar-refractivity contribution is 5.77. The van der Waals surface area contributed by atoms with Gasteiger partial charge in [0.05, 0.1) is 12.2 Å². The van der Waals surface area contributed by atoms with Crippen LogP contribution >= 0.6 is 0 Å². The van der Waals surface area contributed by atoms with Crippen molar-refractivity contribution in [2.45, 2.75) is 63.6 Å². The molecule has 2 rings (SSSR count). The summed E-state index contributed by atoms with van der Waals surface area (Å²) in [5.74, 6) is 3.40. The molecule has 4 atom stereocenters. The van der Waals surface area contributed by atoms with Gasteiger partial charge in [-0.1, -0.05) is 6.92 Å². The molecule has 16 heteroatoms. The minimum atomic E-state index is -4.81. The number of nitrogens with two attached hydrogens (primary N) is 1. The summed E-state index contributed by atoms with van der Waals surface area (Å²) in [5.41, 5.74) is 1.15. The normalized spacial score (nSPS) is 19.5. The van der Waals surface area contributed by atoms with Crippen molar-refractivity contribution in [1.29, 1.82) is 0 Å². The quantitative estimate of drug-likeness (QED) is 0.116. The van der Waals surface area contributed by atoms with E-state index in [1.165, 1.54) is 0 Å². The average molecular weight is 552 g/mol. The number of carbonyl (C=O) groups excluding carboxylic acids is 1. The third-order valence-electron chi connectivity index (χ3n) is 4.98. The Kier molecular flexibility index (Phi) is 14.7. The van der Waals surface area contributed by atoms with E-state index < -0.39 is 55.9 Å². The first-order valence-electron chi connectivity index (χ1n) is 11.2. The molecule has 1 fully saturated rings. The zero-order valence-electron chi connectivity index (χ0n) is 19.9. The average Bonchev–Trinajstić information content (AvgIpc) is 2.82. The van der Waals surface area contributed by atoms with Crippen LogP contribution in [-0.4, -0.2) is 68.7 Å². The van der Waals surface area contributed by atoms with Crippen LogP contribution in [-0.2, 0) is 20.4 Å². The van der Waals surface area contributed by atoms with Gasteiger partial charge in [-0.25, -0.2) is 14.2 Å². The van der Waals surface area contributed by atoms with Crippen LogP contribution in [0.25, 0.3) is 0 Å². The summed E-state index contributed by atoms with van der Waals surface area (Å²) in [6, 6.07) is 1.68. The number of ether oxygens (including phenoxy) is 3. The summed E-state index contributed by atoms with van der Waals surface area (Å²) in [4.78, 5) is 12.1. The lowest BCUT2D eigenvalue weighted by atomic mass is 9.99. The number of amides is 1. The molecule has 0 aliphatic carbocycles. The molecule has 1 aromatic rings. The second-order valence-corrected chi connectivity index (χ2v) is 7.68. The Morgan fingerprint density at radius 2 is 1.97 bits per heavy atom. The molecule has 1 aliphatic rings. The number of benzene rings is 1. The summed E-state index contributed by atoms with van der Waals surface area (Å²) < 4.78 is 99.5. The van der Waals surface area contributed by atoms with Gasteiger partial charge in [-0.3, -0.25) is 10.6 Å². The highest BCUT2D eigenvalue weighted by Crippen LogP contribution is 2.32. The maximum Gasteiger partial charge on any atom is 0.419 e. The molecule has 0 saturated carbocycles. The summed E-state index contributed by atoms with van der Waals surface area (Å²) in [5, 5.41) is 12.7. The minimum Gasteiger partial charge on any atom is -0.484 e. The van der Waals surface area contributed by atoms with Gasteiger partial charge in [0.15, 0.2) is 12.9 Å². The van der Waals surface area contributed by atoms with Crippen LogP contribution in [0.5, 0.6) is 5.75 Å². The summed E-state index contributed by atoms with van der Waals surface area (Å²) >= 11 is 0. The molecular formula is C21H31F7N4O5. The number of carbonyl (C=O) groups is 1. The van der Waals surface area contributed by atoms with Crippen LogP contribution in [0.3, 0.4) is 0 Å². The standard InChI is InChI=1S/C20H29F5N4O4.CH2F2O/c1-2-18(31-8-7-21)33-19(29-26)16-6-3-12(10-27-16)28-17(30)11-32-13-4-5-14(15(22)9-13)20(23,24)25;2-1(3)4/h4-5,9,12,16,18-19,27,29H,2-3,6-8,10-11,26H2,1H3,(H,28,30);1,4H/t12-,16?,18+,19?;/m0./s1. The Bertz CT molecular complexity index is 796. The van der Waals surface area contributed by atoms with E-state index in [1.54, 1.807) is 0 Å². The van der Waals surface area contributed by atoms with E-state index in [0.29, 0.717) is 37.9 Å². The van der Waals surface area contributed by atoms with Gasteiger partial charge >= 0.3 is 12.8 Å². The van der Waals surface area contributed by atoms with Crippen LogP contribution in [0.1, 0.15) is 31.7 Å². The largest absolute Gasteiger partial charge is 0.484 e. The molecule has 1 saturated heterocycles. The first-order valence-corrected chi connectivity index (χ1v) is 11.2. The van der Waals surface area contributed by atoms with Crippen molar-refractivity contribution in [1.82, 2.24) is 16.1 Å². The second-order valence-electron chi connectivity index (χ2n) is 7.68. The summed E-state index contributed by atoms with van der Waals surface area (Å²) in [6.45, 7) is -2.12. The Hall–Kier alpha value is -2.24. The number of halogens is 7. The Labute approximate surface area is 208 Å². The van der Waals surface area contributed by atoms with Gasteiger partial charge in [0.1, 0.15) is 24.5 Å². The summed E-state index contributed by atoms with van der Waals surface area (Å²) in [7, 11) is 0. The van der Waals surface area contributed by atoms with Gasteiger partial charge in [0, 0.05) is 24.7 Å². The topological polar surface area (TPSA) is 127 Å². The van der Waals surface area contributed by atoms with Gasteiger partial charge in [-0.2, -0.15) is 22.0 Å². The van der Waals surface area contributed by atoms with Crippen LogP contribution in [0, 0.1) is 5.82 Å².